The predicted octanol–water partition coefficient (Wildman–Crippen LogP) is 9.31. The number of carbonyl (C=O) groups excluding carboxylic acids is 7. The molecule has 0 saturated heterocycles. The van der Waals surface area contributed by atoms with Crippen molar-refractivity contribution in [3.8, 4) is 17.2 Å². The molecule has 0 aromatic heterocycles. The monoisotopic (exact) mass is 1170 g/mol. The molecule has 0 saturated carbocycles. The number of aliphatic imine (C=N–C) groups is 2. The molecule has 2 N–H and O–H groups in total. The number of carbonyl (C=O) groups is 7. The van der Waals surface area contributed by atoms with E-state index in [1.54, 1.807) is 30.9 Å². The first kappa shape index (κ1) is 62.0. The van der Waals surface area contributed by atoms with Crippen LogP contribution in [0.25, 0.3) is 0 Å². The van der Waals surface area contributed by atoms with E-state index in [0.29, 0.717) is 98.5 Å². The number of Topliss-reactive ketones (excluding diaryl/α,β-unsaturated/α-hetero) is 3. The molecule has 9 rings (SSSR count). The highest BCUT2D eigenvalue weighted by atomic mass is 16.5. The van der Waals surface area contributed by atoms with E-state index in [2.05, 4.69) is 15.5 Å². The van der Waals surface area contributed by atoms with Crippen LogP contribution in [-0.4, -0.2) is 125 Å². The smallest absolute Gasteiger partial charge is 0.261 e. The number of para-hydroxylation sites is 2. The summed E-state index contributed by atoms with van der Waals surface area (Å²) in [6.07, 6.45) is 6.51. The van der Waals surface area contributed by atoms with Gasteiger partial charge in [-0.2, -0.15) is 0 Å². The maximum Gasteiger partial charge on any atom is 0.261 e. The molecule has 0 radical (unpaired) electrons. The Hall–Kier alpha value is -8.55. The molecule has 86 heavy (non-hydrogen) atoms. The lowest BCUT2D eigenvalue weighted by Crippen LogP contribution is -2.37. The fraction of sp³-hybridized carbons (Fsp3) is 0.418. The average molecular weight is 1170 g/mol. The Morgan fingerprint density at radius 1 is 0.628 bits per heavy atom. The summed E-state index contributed by atoms with van der Waals surface area (Å²) in [6.45, 7) is 10.4. The van der Waals surface area contributed by atoms with Crippen molar-refractivity contribution in [1.29, 1.82) is 0 Å². The topological polar surface area (TPSA) is 224 Å². The molecule has 5 aromatic rings. The molecule has 4 amide bonds. The third-order valence-electron chi connectivity index (χ3n) is 15.7. The molecule has 4 heterocycles. The zero-order valence-corrected chi connectivity index (χ0v) is 49.8. The summed E-state index contributed by atoms with van der Waals surface area (Å²) in [4.78, 5) is 106. The third-order valence-corrected chi connectivity index (χ3v) is 15.7. The number of ether oxygens (including phenoxy) is 5. The number of nitrogens with one attached hydrogen (secondary N) is 2. The summed E-state index contributed by atoms with van der Waals surface area (Å²) in [7, 11) is 1.53. The van der Waals surface area contributed by atoms with Crippen LogP contribution in [0.4, 0.5) is 28.4 Å². The Kier molecular flexibility index (Phi) is 21.3. The van der Waals surface area contributed by atoms with Crippen LogP contribution in [0.3, 0.4) is 0 Å². The van der Waals surface area contributed by atoms with Crippen LogP contribution in [-0.2, 0) is 59.5 Å². The summed E-state index contributed by atoms with van der Waals surface area (Å²) in [6, 6.07) is 28.5. The minimum absolute atomic E-state index is 0.0144. The fourth-order valence-electron chi connectivity index (χ4n) is 11.0. The summed E-state index contributed by atoms with van der Waals surface area (Å²) in [5.41, 5.74) is 8.97. The zero-order valence-electron chi connectivity index (χ0n) is 49.8. The Labute approximate surface area is 502 Å². The van der Waals surface area contributed by atoms with Gasteiger partial charge in [-0.1, -0.05) is 57.2 Å². The van der Waals surface area contributed by atoms with Crippen LogP contribution in [0.15, 0.2) is 101 Å². The van der Waals surface area contributed by atoms with Crippen LogP contribution in [0.1, 0.15) is 121 Å². The van der Waals surface area contributed by atoms with Crippen LogP contribution in [0.5, 0.6) is 17.2 Å². The molecule has 0 fully saturated rings. The van der Waals surface area contributed by atoms with Crippen molar-refractivity contribution in [2.24, 2.45) is 15.9 Å². The first-order valence-corrected chi connectivity index (χ1v) is 29.8. The van der Waals surface area contributed by atoms with Crippen molar-refractivity contribution < 1.29 is 57.2 Å². The van der Waals surface area contributed by atoms with Crippen molar-refractivity contribution in [3.05, 3.63) is 130 Å². The van der Waals surface area contributed by atoms with Crippen LogP contribution in [0.2, 0.25) is 0 Å². The first-order valence-electron chi connectivity index (χ1n) is 29.8. The van der Waals surface area contributed by atoms with Gasteiger partial charge in [-0.05, 0) is 90.0 Å². The predicted molar refractivity (Wildman–Crippen MR) is 329 cm³/mol. The standard InChI is InChI=1S/C67H77N7O12/c1-6-25-83-27-28-84-26-24-72(23-11-14-52(75)17-19-65(79)71-40-53(76)18-20-64(78)68-22-21-60(77)43(2)3)49-31-45(41-85-61-36-56-54(29-44(61)4)66(80)73-50(38-69-56)33-47-12-7-9-15-58(47)73)30-46(32-49)42-86-63-37-57-55(35-62(63)82-5)67(81)74-51(39-70-57)34-48-13-8-10-16-59(48)74/h7-10,12-13,15-16,29-32,35-39,43,50-51H,6,11,14,17-28,33-34,40-42H2,1-5H3,(H,68,78)(H,71,79)/t50-,51-/m0/s1. The van der Waals surface area contributed by atoms with Gasteiger partial charge < -0.3 is 39.2 Å². The van der Waals surface area contributed by atoms with Crippen LogP contribution in [0, 0.1) is 12.8 Å². The van der Waals surface area contributed by atoms with E-state index in [9.17, 15) is 33.6 Å². The Bertz CT molecular complexity index is 3390. The van der Waals surface area contributed by atoms with Gasteiger partial charge in [-0.15, -0.1) is 0 Å². The van der Waals surface area contributed by atoms with E-state index >= 15 is 0 Å². The van der Waals surface area contributed by atoms with E-state index in [1.165, 1.54) is 7.11 Å². The lowest BCUT2D eigenvalue weighted by Gasteiger charge is -2.26. The number of nitrogens with zero attached hydrogens (tertiary/aromatic N) is 5. The summed E-state index contributed by atoms with van der Waals surface area (Å²) in [5, 5.41) is 5.22. The van der Waals surface area contributed by atoms with Crippen LogP contribution < -0.4 is 39.5 Å². The molecule has 0 bridgehead atoms. The van der Waals surface area contributed by atoms with E-state index in [4.69, 9.17) is 33.7 Å². The molecule has 5 aromatic carbocycles. The van der Waals surface area contributed by atoms with Crippen molar-refractivity contribution in [3.63, 3.8) is 0 Å². The highest BCUT2D eigenvalue weighted by Gasteiger charge is 2.38. The molecule has 19 heteroatoms. The molecular formula is C67H77N7O12. The first-order chi connectivity index (χ1) is 41.7. The molecule has 0 unspecified atom stereocenters. The van der Waals surface area contributed by atoms with Crippen molar-refractivity contribution >= 4 is 81.8 Å². The quantitative estimate of drug-likeness (QED) is 0.0384. The molecular weight excluding hydrogens is 1090 g/mol. The normalized spacial score (nSPS) is 15.2. The summed E-state index contributed by atoms with van der Waals surface area (Å²) < 4.78 is 30.8. The number of methoxy groups -OCH3 is 1. The van der Waals surface area contributed by atoms with Gasteiger partial charge in [0.25, 0.3) is 11.8 Å². The van der Waals surface area contributed by atoms with E-state index < -0.39 is 5.91 Å². The second-order valence-electron chi connectivity index (χ2n) is 22.3. The molecule has 4 aliphatic heterocycles. The maximum atomic E-state index is 14.2. The highest BCUT2D eigenvalue weighted by Crippen LogP contribution is 2.42. The third kappa shape index (κ3) is 15.7. The number of anilines is 3. The molecule has 2 atom stereocenters. The van der Waals surface area contributed by atoms with Crippen molar-refractivity contribution in [2.75, 3.05) is 74.4 Å². The van der Waals surface area contributed by atoms with Gasteiger partial charge in [0.05, 0.1) is 68.1 Å². The number of benzene rings is 5. The Balaban J connectivity index is 0.901. The van der Waals surface area contributed by atoms with Gasteiger partial charge >= 0.3 is 0 Å². The van der Waals surface area contributed by atoms with Crippen LogP contribution >= 0.6 is 0 Å². The van der Waals surface area contributed by atoms with E-state index in [0.717, 1.165) is 51.3 Å². The van der Waals surface area contributed by atoms with Gasteiger partial charge in [0, 0.05) is 125 Å². The number of fused-ring (bicyclic) bond motifs is 8. The molecule has 452 valence electrons. The molecule has 0 aliphatic carbocycles. The minimum atomic E-state index is -0.441. The number of ketones is 3. The maximum absolute atomic E-state index is 14.2. The second kappa shape index (κ2) is 29.5. The zero-order chi connectivity index (χ0) is 60.7. The highest BCUT2D eigenvalue weighted by molar-refractivity contribution is 6.16. The summed E-state index contributed by atoms with van der Waals surface area (Å²) in [5.74, 6) is -0.272. The lowest BCUT2D eigenvalue weighted by atomic mass is 10.1. The van der Waals surface area contributed by atoms with E-state index in [1.807, 2.05) is 110 Å². The number of hydrogen-bond donors (Lipinski definition) is 2. The minimum Gasteiger partial charge on any atom is -0.493 e. The van der Waals surface area contributed by atoms with Crippen molar-refractivity contribution in [2.45, 2.75) is 117 Å². The average Bonchev–Trinajstić information content (AvgIpc) is 1.76. The Morgan fingerprint density at radius 2 is 1.20 bits per heavy atom. The SMILES string of the molecule is CCCOCCOCCN(CCCC(=O)CCC(=O)NCC(=O)CCC(=O)NCCC(=O)C(C)C)c1cc(COc2cc3c(cc2C)C(=O)N2c4ccccc4C[C@H]2C=N3)cc(COc2cc3c(cc2OC)C(=O)N2c4ccccc4C[C@H]2C=N3)c1. The second-order valence-corrected chi connectivity index (χ2v) is 22.3. The number of rotatable bonds is 32. The van der Waals surface area contributed by atoms with Gasteiger partial charge in [0.2, 0.25) is 11.8 Å². The largest absolute Gasteiger partial charge is 0.493 e. The van der Waals surface area contributed by atoms with Gasteiger partial charge in [-0.25, -0.2) is 0 Å². The van der Waals surface area contributed by atoms with Gasteiger partial charge in [0.1, 0.15) is 30.5 Å². The fourth-order valence-corrected chi connectivity index (χ4v) is 11.0. The Morgan fingerprint density at radius 3 is 1.81 bits per heavy atom. The number of hydrogen-bond acceptors (Lipinski definition) is 15. The van der Waals surface area contributed by atoms with Gasteiger partial charge in [-0.3, -0.25) is 53.3 Å². The number of aryl methyl sites for hydroxylation is 1. The van der Waals surface area contributed by atoms with Crippen molar-refractivity contribution in [1.82, 2.24) is 10.6 Å². The van der Waals surface area contributed by atoms with E-state index in [-0.39, 0.29) is 118 Å². The molecule has 19 nitrogen and oxygen atoms in total. The molecule has 4 aliphatic rings. The lowest BCUT2D eigenvalue weighted by molar-refractivity contribution is -0.128. The van der Waals surface area contributed by atoms with Gasteiger partial charge in [0.15, 0.2) is 17.3 Å². The number of amides is 4. The summed E-state index contributed by atoms with van der Waals surface area (Å²) >= 11 is 0. The molecule has 0 spiro atoms.